The molecule has 0 bridgehead atoms. The molecule has 0 saturated heterocycles. The van der Waals surface area contributed by atoms with Gasteiger partial charge in [-0.05, 0) is 24.3 Å². The Hall–Kier alpha value is -2.95. The lowest BCUT2D eigenvalue weighted by molar-refractivity contribution is 0.0919. The van der Waals surface area contributed by atoms with Gasteiger partial charge in [-0.1, -0.05) is 18.7 Å². The Bertz CT molecular complexity index is 706. The topological polar surface area (TPSA) is 76.0 Å². The number of phenols is 2. The van der Waals surface area contributed by atoms with Gasteiger partial charge in [0.05, 0.1) is 12.7 Å². The van der Waals surface area contributed by atoms with E-state index in [-0.39, 0.29) is 23.7 Å². The van der Waals surface area contributed by atoms with Crippen LogP contribution in [0.25, 0.3) is 5.76 Å². The average molecular weight is 300 g/mol. The molecule has 0 saturated carbocycles. The molecule has 0 amide bonds. The minimum Gasteiger partial charge on any atom is -0.508 e. The molecule has 0 fully saturated rings. The number of aromatic hydroxyl groups is 2. The summed E-state index contributed by atoms with van der Waals surface area (Å²) in [6.07, 6.45) is 0. The van der Waals surface area contributed by atoms with E-state index < -0.39 is 5.78 Å². The molecule has 2 aromatic carbocycles. The number of phenolic OH excluding ortho intramolecular Hbond substituents is 2. The Kier molecular flexibility index (Phi) is 4.68. The molecule has 2 rings (SSSR count). The molecule has 0 spiro atoms. The minimum absolute atomic E-state index is 0.0928. The van der Waals surface area contributed by atoms with Crippen molar-refractivity contribution in [1.29, 1.82) is 0 Å². The summed E-state index contributed by atoms with van der Waals surface area (Å²) in [5.41, 5.74) is 0.843. The zero-order valence-corrected chi connectivity index (χ0v) is 12.1. The summed E-state index contributed by atoms with van der Waals surface area (Å²) in [6.45, 7) is 3.51. The summed E-state index contributed by atoms with van der Waals surface area (Å²) >= 11 is 0. The van der Waals surface area contributed by atoms with E-state index in [0.29, 0.717) is 11.5 Å². The van der Waals surface area contributed by atoms with E-state index in [1.54, 1.807) is 18.2 Å². The summed E-state index contributed by atoms with van der Waals surface area (Å²) in [5.74, 6) is 0.194. The summed E-state index contributed by atoms with van der Waals surface area (Å²) in [7, 11) is 1.52. The van der Waals surface area contributed by atoms with Crippen molar-refractivity contribution in [2.75, 3.05) is 13.7 Å². The molecule has 0 unspecified atom stereocenters. The second kappa shape index (κ2) is 6.67. The van der Waals surface area contributed by atoms with Crippen LogP contribution < -0.4 is 4.74 Å². The van der Waals surface area contributed by atoms with Gasteiger partial charge in [-0.3, -0.25) is 4.79 Å². The molecule has 0 aliphatic carbocycles. The van der Waals surface area contributed by atoms with Crippen LogP contribution in [0, 0.1) is 0 Å². The van der Waals surface area contributed by atoms with Crippen molar-refractivity contribution in [3.05, 3.63) is 60.2 Å². The fraction of sp³-hybridized carbons (Fsp3) is 0.118. The molecule has 2 aromatic rings. The van der Waals surface area contributed by atoms with Gasteiger partial charge in [-0.2, -0.15) is 0 Å². The molecule has 114 valence electrons. The number of carbonyl (C=O) groups excluding carboxylic acids is 1. The number of ether oxygens (including phenoxy) is 2. The predicted molar refractivity (Wildman–Crippen MR) is 82.1 cm³/mol. The molecule has 0 heterocycles. The second-order valence-corrected chi connectivity index (χ2v) is 4.57. The molecule has 0 aromatic heterocycles. The van der Waals surface area contributed by atoms with Crippen molar-refractivity contribution < 1.29 is 24.5 Å². The molecule has 5 nitrogen and oxygen atoms in total. The zero-order valence-electron chi connectivity index (χ0n) is 12.1. The van der Waals surface area contributed by atoms with Gasteiger partial charge < -0.3 is 19.7 Å². The third-order valence-electron chi connectivity index (χ3n) is 3.05. The largest absolute Gasteiger partial charge is 0.508 e. The number of hydrogen-bond donors (Lipinski definition) is 2. The molecule has 0 aliphatic rings. The molecular weight excluding hydrogens is 284 g/mol. The standard InChI is InChI=1S/C17H16O5/c1-11(21-2)12-4-3-5-14(8-12)22-10-17(20)15-7-6-13(18)9-16(15)19/h3-9,18-19H,1,10H2,2H3. The van der Waals surface area contributed by atoms with Crippen LogP contribution in [0.15, 0.2) is 49.0 Å². The molecule has 0 atom stereocenters. The van der Waals surface area contributed by atoms with Gasteiger partial charge in [0.2, 0.25) is 5.78 Å². The Labute approximate surface area is 128 Å². The lowest BCUT2D eigenvalue weighted by atomic mass is 10.1. The first-order valence-electron chi connectivity index (χ1n) is 6.52. The van der Waals surface area contributed by atoms with Crippen LogP contribution in [0.2, 0.25) is 0 Å². The molecule has 22 heavy (non-hydrogen) atoms. The smallest absolute Gasteiger partial charge is 0.203 e. The zero-order chi connectivity index (χ0) is 16.1. The summed E-state index contributed by atoms with van der Waals surface area (Å²) < 4.78 is 10.5. The highest BCUT2D eigenvalue weighted by Crippen LogP contribution is 2.24. The number of ketones is 1. The maximum Gasteiger partial charge on any atom is 0.203 e. The van der Waals surface area contributed by atoms with E-state index >= 15 is 0 Å². The van der Waals surface area contributed by atoms with Crippen LogP contribution in [0.1, 0.15) is 15.9 Å². The van der Waals surface area contributed by atoms with E-state index in [9.17, 15) is 15.0 Å². The maximum absolute atomic E-state index is 12.0. The van der Waals surface area contributed by atoms with E-state index in [1.807, 2.05) is 6.07 Å². The summed E-state index contributed by atoms with van der Waals surface area (Å²) in [4.78, 5) is 12.0. The quantitative estimate of drug-likeness (QED) is 0.633. The predicted octanol–water partition coefficient (Wildman–Crippen LogP) is 2.98. The highest BCUT2D eigenvalue weighted by molar-refractivity contribution is 5.99. The lowest BCUT2D eigenvalue weighted by Gasteiger charge is -2.09. The van der Waals surface area contributed by atoms with Crippen LogP contribution in [0.3, 0.4) is 0 Å². The third-order valence-corrected chi connectivity index (χ3v) is 3.05. The molecule has 2 N–H and O–H groups in total. The van der Waals surface area contributed by atoms with Crippen LogP contribution in [-0.2, 0) is 4.74 Å². The number of methoxy groups -OCH3 is 1. The Morgan fingerprint density at radius 1 is 1.18 bits per heavy atom. The second-order valence-electron chi connectivity index (χ2n) is 4.57. The van der Waals surface area contributed by atoms with Gasteiger partial charge in [0.15, 0.2) is 6.61 Å². The first-order chi connectivity index (χ1) is 10.5. The first kappa shape index (κ1) is 15.4. The Balaban J connectivity index is 2.06. The lowest BCUT2D eigenvalue weighted by Crippen LogP contribution is -2.11. The molecule has 5 heteroatoms. The highest BCUT2D eigenvalue weighted by Gasteiger charge is 2.12. The van der Waals surface area contributed by atoms with Crippen molar-refractivity contribution >= 4 is 11.5 Å². The van der Waals surface area contributed by atoms with Gasteiger partial charge >= 0.3 is 0 Å². The van der Waals surface area contributed by atoms with Gasteiger partial charge in [0.25, 0.3) is 0 Å². The number of benzene rings is 2. The average Bonchev–Trinajstić information content (AvgIpc) is 2.52. The minimum atomic E-state index is -0.395. The normalized spacial score (nSPS) is 10.0. The van der Waals surface area contributed by atoms with Crippen molar-refractivity contribution in [3.63, 3.8) is 0 Å². The van der Waals surface area contributed by atoms with Crippen LogP contribution in [0.5, 0.6) is 17.2 Å². The van der Waals surface area contributed by atoms with E-state index in [4.69, 9.17) is 9.47 Å². The van der Waals surface area contributed by atoms with Gasteiger partial charge in [-0.25, -0.2) is 0 Å². The van der Waals surface area contributed by atoms with Crippen molar-refractivity contribution in [1.82, 2.24) is 0 Å². The number of carbonyl (C=O) groups is 1. The summed E-state index contributed by atoms with van der Waals surface area (Å²) in [5, 5.41) is 18.9. The van der Waals surface area contributed by atoms with Crippen LogP contribution in [0.4, 0.5) is 0 Å². The van der Waals surface area contributed by atoms with Gasteiger partial charge in [0.1, 0.15) is 23.0 Å². The highest BCUT2D eigenvalue weighted by atomic mass is 16.5. The SMILES string of the molecule is C=C(OC)c1cccc(OCC(=O)c2ccc(O)cc2O)c1. The van der Waals surface area contributed by atoms with Crippen molar-refractivity contribution in [2.45, 2.75) is 0 Å². The molecule has 0 aliphatic heterocycles. The summed E-state index contributed by atoms with van der Waals surface area (Å²) in [6, 6.07) is 10.8. The Morgan fingerprint density at radius 2 is 1.95 bits per heavy atom. The van der Waals surface area contributed by atoms with E-state index in [0.717, 1.165) is 11.6 Å². The first-order valence-corrected chi connectivity index (χ1v) is 6.52. The van der Waals surface area contributed by atoms with Crippen molar-refractivity contribution in [3.8, 4) is 17.2 Å². The van der Waals surface area contributed by atoms with Gasteiger partial charge in [-0.15, -0.1) is 0 Å². The van der Waals surface area contributed by atoms with E-state index in [2.05, 4.69) is 6.58 Å². The van der Waals surface area contributed by atoms with Gasteiger partial charge in [0, 0.05) is 11.6 Å². The van der Waals surface area contributed by atoms with Crippen molar-refractivity contribution in [2.24, 2.45) is 0 Å². The molecule has 0 radical (unpaired) electrons. The third kappa shape index (κ3) is 3.58. The number of hydrogen-bond acceptors (Lipinski definition) is 5. The molecular formula is C17H16O5. The number of rotatable bonds is 6. The van der Waals surface area contributed by atoms with Crippen LogP contribution in [-0.4, -0.2) is 29.7 Å². The fourth-order valence-corrected chi connectivity index (χ4v) is 1.86. The maximum atomic E-state index is 12.0. The number of Topliss-reactive ketones (excluding diaryl/α,β-unsaturated/α-hetero) is 1. The van der Waals surface area contributed by atoms with E-state index in [1.165, 1.54) is 19.2 Å². The fourth-order valence-electron chi connectivity index (χ4n) is 1.86. The van der Waals surface area contributed by atoms with Crippen LogP contribution >= 0.6 is 0 Å². The Morgan fingerprint density at radius 3 is 2.64 bits per heavy atom. The monoisotopic (exact) mass is 300 g/mol.